The van der Waals surface area contributed by atoms with E-state index in [2.05, 4.69) is 146 Å². The summed E-state index contributed by atoms with van der Waals surface area (Å²) in [7, 11) is 0. The van der Waals surface area contributed by atoms with E-state index in [-0.39, 0.29) is 0 Å². The van der Waals surface area contributed by atoms with Gasteiger partial charge in [0, 0.05) is 0 Å². The second-order valence-electron chi connectivity index (χ2n) is 7.04. The number of hydrogen-bond acceptors (Lipinski definition) is 0. The van der Waals surface area contributed by atoms with Crippen molar-refractivity contribution in [2.45, 2.75) is 41.5 Å². The van der Waals surface area contributed by atoms with Crippen molar-refractivity contribution in [2.75, 3.05) is 0 Å². The lowest BCUT2D eigenvalue weighted by Crippen LogP contribution is -1.67. The van der Waals surface area contributed by atoms with E-state index in [1.807, 2.05) is 41.5 Å². The normalized spacial score (nSPS) is 8.83. The Balaban J connectivity index is 0.000000244. The Morgan fingerprint density at radius 2 is 0.278 bits per heavy atom. The van der Waals surface area contributed by atoms with Gasteiger partial charge in [-0.2, -0.15) is 0 Å². The van der Waals surface area contributed by atoms with Gasteiger partial charge in [-0.15, -0.1) is 0 Å². The van der Waals surface area contributed by atoms with Gasteiger partial charge in [-0.25, -0.2) is 0 Å². The zero-order valence-electron chi connectivity index (χ0n) is 22.9. The highest BCUT2D eigenvalue weighted by atomic mass is 13.9. The summed E-state index contributed by atoms with van der Waals surface area (Å²) in [6.45, 7) is 12.0. The molecule has 0 fully saturated rings. The first-order valence-corrected chi connectivity index (χ1v) is 13.2. The minimum Gasteiger partial charge on any atom is -0.0683 e. The fourth-order valence-corrected chi connectivity index (χ4v) is 3.40. The van der Waals surface area contributed by atoms with E-state index in [0.717, 1.165) is 0 Å². The number of rotatable bonds is 0. The predicted octanol–water partition coefficient (Wildman–Crippen LogP) is 11.6. The monoisotopic (exact) mass is 474 g/mol. The highest BCUT2D eigenvalue weighted by Crippen LogP contribution is 2.12. The van der Waals surface area contributed by atoms with Crippen LogP contribution < -0.4 is 0 Å². The van der Waals surface area contributed by atoms with Crippen molar-refractivity contribution in [3.8, 4) is 0 Å². The molecule has 0 spiro atoms. The van der Waals surface area contributed by atoms with Gasteiger partial charge in [-0.05, 0) is 32.3 Å². The fraction of sp³-hybridized carbons (Fsp3) is 0.167. The Bertz CT molecular complexity index is 982. The molecule has 6 rings (SSSR count). The van der Waals surface area contributed by atoms with Crippen LogP contribution in [0.3, 0.4) is 0 Å². The van der Waals surface area contributed by atoms with E-state index >= 15 is 0 Å². The van der Waals surface area contributed by atoms with Crippen LogP contribution in [-0.4, -0.2) is 0 Å². The number of fused-ring (bicyclic) bond motifs is 3. The number of benzene rings is 6. The van der Waals surface area contributed by atoms with Crippen molar-refractivity contribution in [2.24, 2.45) is 0 Å². The first kappa shape index (κ1) is 30.1. The van der Waals surface area contributed by atoms with Crippen molar-refractivity contribution in [1.82, 2.24) is 0 Å². The smallest absolute Gasteiger partial charge is 0.0184 e. The molecule has 0 nitrogen and oxygen atoms in total. The highest BCUT2D eigenvalue weighted by molar-refractivity contribution is 5.83. The lowest BCUT2D eigenvalue weighted by atomic mass is 10.1. The van der Waals surface area contributed by atoms with Crippen molar-refractivity contribution in [3.05, 3.63) is 146 Å². The molecule has 0 radical (unpaired) electrons. The third kappa shape index (κ3) is 10.2. The minimum absolute atomic E-state index is 1.31. The topological polar surface area (TPSA) is 0 Å². The Labute approximate surface area is 219 Å². The summed E-state index contributed by atoms with van der Waals surface area (Å²) in [5.74, 6) is 0. The maximum absolute atomic E-state index is 2.12. The maximum atomic E-state index is 2.12. The first-order valence-electron chi connectivity index (χ1n) is 13.2. The van der Waals surface area contributed by atoms with Crippen LogP contribution in [0.25, 0.3) is 32.3 Å². The lowest BCUT2D eigenvalue weighted by molar-refractivity contribution is 1.50. The molecule has 0 unspecified atom stereocenters. The Hall–Kier alpha value is -3.90. The van der Waals surface area contributed by atoms with Crippen LogP contribution in [0.5, 0.6) is 0 Å². The van der Waals surface area contributed by atoms with Crippen LogP contribution in [0.4, 0.5) is 0 Å². The van der Waals surface area contributed by atoms with Gasteiger partial charge in [-0.3, -0.25) is 0 Å². The minimum atomic E-state index is 1.31. The molecule has 0 bridgehead atoms. The molecule has 0 atom stereocenters. The molecule has 0 N–H and O–H groups in total. The van der Waals surface area contributed by atoms with Gasteiger partial charge >= 0.3 is 0 Å². The summed E-state index contributed by atoms with van der Waals surface area (Å²) < 4.78 is 0. The summed E-state index contributed by atoms with van der Waals surface area (Å²) in [5, 5.41) is 7.86. The van der Waals surface area contributed by atoms with Crippen molar-refractivity contribution in [3.63, 3.8) is 0 Å². The Kier molecular flexibility index (Phi) is 16.2. The summed E-state index contributed by atoms with van der Waals surface area (Å²) in [5.41, 5.74) is 0. The van der Waals surface area contributed by atoms with Gasteiger partial charge < -0.3 is 0 Å². The van der Waals surface area contributed by atoms with E-state index in [9.17, 15) is 0 Å². The van der Waals surface area contributed by atoms with Crippen LogP contribution >= 0.6 is 0 Å². The van der Waals surface area contributed by atoms with Gasteiger partial charge in [-0.1, -0.05) is 187 Å². The molecule has 0 aromatic heterocycles. The summed E-state index contributed by atoms with van der Waals surface area (Å²) >= 11 is 0. The van der Waals surface area contributed by atoms with E-state index in [1.54, 1.807) is 0 Å². The molecule has 0 heterocycles. The van der Waals surface area contributed by atoms with Gasteiger partial charge in [0.2, 0.25) is 0 Å². The zero-order valence-corrected chi connectivity index (χ0v) is 22.9. The third-order valence-electron chi connectivity index (χ3n) is 4.98. The van der Waals surface area contributed by atoms with E-state index in [1.165, 1.54) is 32.3 Å². The van der Waals surface area contributed by atoms with Crippen LogP contribution in [-0.2, 0) is 0 Å². The second-order valence-corrected chi connectivity index (χ2v) is 7.04. The van der Waals surface area contributed by atoms with Gasteiger partial charge in [0.1, 0.15) is 0 Å². The molecule has 0 saturated heterocycles. The average molecular weight is 475 g/mol. The lowest BCUT2D eigenvalue weighted by Gasteiger charge is -1.92. The summed E-state index contributed by atoms with van der Waals surface area (Å²) in [6, 6.07) is 50.1. The van der Waals surface area contributed by atoms with Gasteiger partial charge in [0.25, 0.3) is 0 Å². The molecule has 0 saturated carbocycles. The molecular formula is C36H42. The van der Waals surface area contributed by atoms with Crippen LogP contribution in [0.1, 0.15) is 41.5 Å². The maximum Gasteiger partial charge on any atom is -0.0184 e. The van der Waals surface area contributed by atoms with Crippen LogP contribution in [0.2, 0.25) is 0 Å². The molecule has 0 aliphatic rings. The molecular weight excluding hydrogens is 432 g/mol. The summed E-state index contributed by atoms with van der Waals surface area (Å²) in [6.07, 6.45) is 0. The standard InChI is InChI=1S/3C10H8.3C2H6/c3*1-2-6-10-8-4-3-7-9(10)5-1;3*1-2/h3*1-8H;3*1-2H3. The van der Waals surface area contributed by atoms with Gasteiger partial charge in [0.05, 0.1) is 0 Å². The van der Waals surface area contributed by atoms with Crippen molar-refractivity contribution >= 4 is 32.3 Å². The fourth-order valence-electron chi connectivity index (χ4n) is 3.40. The third-order valence-corrected chi connectivity index (χ3v) is 4.98. The molecule has 0 aliphatic carbocycles. The predicted molar refractivity (Wildman–Crippen MR) is 166 cm³/mol. The Morgan fingerprint density at radius 3 is 0.361 bits per heavy atom. The van der Waals surface area contributed by atoms with E-state index < -0.39 is 0 Å². The van der Waals surface area contributed by atoms with E-state index in [0.29, 0.717) is 0 Å². The first-order chi connectivity index (χ1) is 17.9. The quantitative estimate of drug-likeness (QED) is 0.205. The zero-order chi connectivity index (χ0) is 26.4. The van der Waals surface area contributed by atoms with Gasteiger partial charge in [0.15, 0.2) is 0 Å². The number of hydrogen-bond donors (Lipinski definition) is 0. The van der Waals surface area contributed by atoms with Crippen LogP contribution in [0, 0.1) is 0 Å². The molecule has 186 valence electrons. The molecule has 0 heteroatoms. The van der Waals surface area contributed by atoms with E-state index in [4.69, 9.17) is 0 Å². The van der Waals surface area contributed by atoms with Crippen molar-refractivity contribution < 1.29 is 0 Å². The molecule has 6 aromatic carbocycles. The second kappa shape index (κ2) is 19.4. The molecule has 6 aromatic rings. The van der Waals surface area contributed by atoms with Crippen LogP contribution in [0.15, 0.2) is 146 Å². The largest absolute Gasteiger partial charge is 0.0683 e. The van der Waals surface area contributed by atoms with Crippen molar-refractivity contribution in [1.29, 1.82) is 0 Å². The molecule has 0 aliphatic heterocycles. The molecule has 36 heavy (non-hydrogen) atoms. The molecule has 0 amide bonds. The highest BCUT2D eigenvalue weighted by Gasteiger charge is 1.86. The Morgan fingerprint density at radius 1 is 0.194 bits per heavy atom. The average Bonchev–Trinajstić information content (AvgIpc) is 3.01. The summed E-state index contributed by atoms with van der Waals surface area (Å²) in [4.78, 5) is 0. The SMILES string of the molecule is CC.CC.CC.c1ccc2ccccc2c1.c1ccc2ccccc2c1.c1ccc2ccccc2c1.